The minimum absolute atomic E-state index is 0.316. The lowest BCUT2D eigenvalue weighted by Gasteiger charge is -2.21. The lowest BCUT2D eigenvalue weighted by Crippen LogP contribution is -2.29. The molecule has 1 saturated heterocycles. The molecule has 164 valence electrons. The van der Waals surface area contributed by atoms with Crippen LogP contribution in [0.5, 0.6) is 5.88 Å². The van der Waals surface area contributed by atoms with Crippen LogP contribution in [0.3, 0.4) is 0 Å². The zero-order chi connectivity index (χ0) is 22.1. The second-order valence-corrected chi connectivity index (χ2v) is 9.59. The van der Waals surface area contributed by atoms with E-state index in [1.54, 1.807) is 19.5 Å². The van der Waals surface area contributed by atoms with E-state index in [9.17, 15) is 0 Å². The minimum Gasteiger partial charge on any atom is -0.479 e. The molecule has 33 heavy (non-hydrogen) atoms. The number of anilines is 1. The van der Waals surface area contributed by atoms with E-state index >= 15 is 0 Å². The Labute approximate surface area is 192 Å². The summed E-state index contributed by atoms with van der Waals surface area (Å²) < 4.78 is 5.49. The number of fused-ring (bicyclic) bond motifs is 5. The summed E-state index contributed by atoms with van der Waals surface area (Å²) in [6.45, 7) is 1.83. The van der Waals surface area contributed by atoms with Crippen LogP contribution in [0.4, 0.5) is 5.82 Å². The Morgan fingerprint density at radius 3 is 2.82 bits per heavy atom. The summed E-state index contributed by atoms with van der Waals surface area (Å²) in [5, 5.41) is 2.64. The smallest absolute Gasteiger partial charge is 0.238 e. The Kier molecular flexibility index (Phi) is 4.03. The van der Waals surface area contributed by atoms with Gasteiger partial charge in [0.25, 0.3) is 0 Å². The van der Waals surface area contributed by atoms with Crippen LogP contribution in [0.15, 0.2) is 52.9 Å². The molecule has 5 aromatic heterocycles. The Hall–Kier alpha value is -3.50. The SMILES string of the molecule is COc1nccc2c1[nH]c1nc(Sc3cnc4cccnc4c3)nc(N3CC4C(N)C4C3)c12. The molecule has 6 heterocycles. The lowest BCUT2D eigenvalue weighted by atomic mass is 10.2. The van der Waals surface area contributed by atoms with E-state index in [0.29, 0.717) is 28.9 Å². The summed E-state index contributed by atoms with van der Waals surface area (Å²) in [5.41, 5.74) is 9.50. The van der Waals surface area contributed by atoms with E-state index in [0.717, 1.165) is 56.8 Å². The van der Waals surface area contributed by atoms with E-state index in [-0.39, 0.29) is 0 Å². The van der Waals surface area contributed by atoms with E-state index in [1.165, 1.54) is 11.8 Å². The van der Waals surface area contributed by atoms with Gasteiger partial charge < -0.3 is 20.4 Å². The van der Waals surface area contributed by atoms with Gasteiger partial charge in [-0.15, -0.1) is 0 Å². The molecular formula is C23H20N8OS. The number of nitrogens with one attached hydrogen (secondary N) is 1. The van der Waals surface area contributed by atoms with Crippen molar-refractivity contribution in [1.29, 1.82) is 0 Å². The number of aromatic nitrogens is 6. The van der Waals surface area contributed by atoms with Crippen molar-refractivity contribution in [3.63, 3.8) is 0 Å². The standard InChI is InChI=1S/C23H20N8OS/c1-32-22-19-12(4-6-26-22)17-20(28-19)29-23(30-21(17)31-9-13-14(10-31)18(13)24)33-11-7-16-15(27-8-11)3-2-5-25-16/h2-8,13-14,18H,9-10,24H2,1H3,(H,28,29,30). The topological polar surface area (TPSA) is 119 Å². The van der Waals surface area contributed by atoms with Crippen LogP contribution in [0.25, 0.3) is 33.0 Å². The number of methoxy groups -OCH3 is 1. The number of ether oxygens (including phenoxy) is 1. The molecule has 7 rings (SSSR count). The molecule has 2 fully saturated rings. The maximum absolute atomic E-state index is 6.20. The van der Waals surface area contributed by atoms with Crippen molar-refractivity contribution in [2.75, 3.05) is 25.1 Å². The second-order valence-electron chi connectivity index (χ2n) is 8.55. The summed E-state index contributed by atoms with van der Waals surface area (Å²) in [7, 11) is 1.62. The predicted octanol–water partition coefficient (Wildman–Crippen LogP) is 3.00. The molecule has 0 amide bonds. The third-order valence-electron chi connectivity index (χ3n) is 6.69. The van der Waals surface area contributed by atoms with Crippen molar-refractivity contribution in [3.05, 3.63) is 42.9 Å². The highest BCUT2D eigenvalue weighted by Gasteiger charge is 2.54. The Balaban J connectivity index is 1.37. The van der Waals surface area contributed by atoms with E-state index in [4.69, 9.17) is 20.4 Å². The first-order valence-corrected chi connectivity index (χ1v) is 11.6. The molecule has 2 aliphatic rings. The molecule has 0 bridgehead atoms. The highest BCUT2D eigenvalue weighted by molar-refractivity contribution is 7.99. The molecule has 2 unspecified atom stereocenters. The van der Waals surface area contributed by atoms with Crippen molar-refractivity contribution in [1.82, 2.24) is 29.9 Å². The number of aromatic amines is 1. The van der Waals surface area contributed by atoms with Gasteiger partial charge in [-0.3, -0.25) is 9.97 Å². The van der Waals surface area contributed by atoms with Gasteiger partial charge in [0, 0.05) is 48.0 Å². The lowest BCUT2D eigenvalue weighted by molar-refractivity contribution is 0.402. The van der Waals surface area contributed by atoms with Gasteiger partial charge in [0.2, 0.25) is 5.88 Å². The maximum atomic E-state index is 6.20. The molecule has 3 N–H and O–H groups in total. The fourth-order valence-corrected chi connectivity index (χ4v) is 5.68. The Morgan fingerprint density at radius 2 is 1.97 bits per heavy atom. The number of H-pyrrole nitrogens is 1. The van der Waals surface area contributed by atoms with Gasteiger partial charge >= 0.3 is 0 Å². The van der Waals surface area contributed by atoms with Crippen LogP contribution in [-0.4, -0.2) is 56.1 Å². The summed E-state index contributed by atoms with van der Waals surface area (Å²) in [6, 6.07) is 8.15. The van der Waals surface area contributed by atoms with Gasteiger partial charge in [-0.1, -0.05) is 0 Å². The number of hydrogen-bond acceptors (Lipinski definition) is 9. The quantitative estimate of drug-likeness (QED) is 0.393. The van der Waals surface area contributed by atoms with E-state index in [1.807, 2.05) is 30.5 Å². The van der Waals surface area contributed by atoms with Crippen molar-refractivity contribution in [2.24, 2.45) is 17.6 Å². The maximum Gasteiger partial charge on any atom is 0.238 e. The van der Waals surface area contributed by atoms with E-state index < -0.39 is 0 Å². The zero-order valence-electron chi connectivity index (χ0n) is 17.8. The van der Waals surface area contributed by atoms with Crippen LogP contribution >= 0.6 is 11.8 Å². The minimum atomic E-state index is 0.316. The third kappa shape index (κ3) is 2.94. The molecule has 0 spiro atoms. The van der Waals surface area contributed by atoms with Crippen LogP contribution in [0.1, 0.15) is 0 Å². The summed E-state index contributed by atoms with van der Waals surface area (Å²) in [5.74, 6) is 2.56. The molecule has 0 aromatic carbocycles. The van der Waals surface area contributed by atoms with Crippen molar-refractivity contribution < 1.29 is 4.74 Å². The van der Waals surface area contributed by atoms with Gasteiger partial charge in [-0.2, -0.15) is 0 Å². The van der Waals surface area contributed by atoms with E-state index in [2.05, 4.69) is 24.8 Å². The number of hydrogen-bond donors (Lipinski definition) is 2. The molecule has 9 nitrogen and oxygen atoms in total. The Morgan fingerprint density at radius 1 is 1.09 bits per heavy atom. The molecule has 10 heteroatoms. The first-order valence-electron chi connectivity index (χ1n) is 10.8. The summed E-state index contributed by atoms with van der Waals surface area (Å²) in [6.07, 6.45) is 5.37. The van der Waals surface area contributed by atoms with Crippen molar-refractivity contribution >= 4 is 50.5 Å². The van der Waals surface area contributed by atoms with Gasteiger partial charge in [0.1, 0.15) is 17.0 Å². The fraction of sp³-hybridized carbons (Fsp3) is 0.261. The summed E-state index contributed by atoms with van der Waals surface area (Å²) in [4.78, 5) is 29.9. The van der Waals surface area contributed by atoms with Crippen molar-refractivity contribution in [3.8, 4) is 5.88 Å². The third-order valence-corrected chi connectivity index (χ3v) is 7.51. The number of piperidine rings is 1. The first-order chi connectivity index (χ1) is 16.2. The molecular weight excluding hydrogens is 436 g/mol. The number of rotatable bonds is 4. The number of nitrogens with two attached hydrogens (primary N) is 1. The predicted molar refractivity (Wildman–Crippen MR) is 127 cm³/mol. The molecule has 1 saturated carbocycles. The van der Waals surface area contributed by atoms with Crippen LogP contribution in [-0.2, 0) is 0 Å². The van der Waals surface area contributed by atoms with Gasteiger partial charge in [0.05, 0.1) is 23.5 Å². The number of nitrogens with zero attached hydrogens (tertiary/aromatic N) is 6. The summed E-state index contributed by atoms with van der Waals surface area (Å²) >= 11 is 1.48. The molecule has 5 aromatic rings. The number of pyridine rings is 3. The van der Waals surface area contributed by atoms with Gasteiger partial charge in [-0.05, 0) is 47.9 Å². The van der Waals surface area contributed by atoms with Gasteiger partial charge in [0.15, 0.2) is 5.16 Å². The van der Waals surface area contributed by atoms with Crippen LogP contribution < -0.4 is 15.4 Å². The average molecular weight is 457 g/mol. The fourth-order valence-electron chi connectivity index (χ4n) is 4.93. The largest absolute Gasteiger partial charge is 0.479 e. The molecule has 1 aliphatic carbocycles. The van der Waals surface area contributed by atoms with Crippen LogP contribution in [0, 0.1) is 11.8 Å². The first kappa shape index (κ1) is 19.0. The monoisotopic (exact) mass is 456 g/mol. The average Bonchev–Trinajstić information content (AvgIpc) is 3.20. The zero-order valence-corrected chi connectivity index (χ0v) is 18.6. The highest BCUT2D eigenvalue weighted by atomic mass is 32.2. The second kappa shape index (κ2) is 7.00. The molecule has 2 atom stereocenters. The van der Waals surface area contributed by atoms with Gasteiger partial charge in [-0.25, -0.2) is 15.0 Å². The van der Waals surface area contributed by atoms with Crippen LogP contribution in [0.2, 0.25) is 0 Å². The molecule has 1 aliphatic heterocycles. The normalized spacial score (nSPS) is 21.8. The van der Waals surface area contributed by atoms with Crippen molar-refractivity contribution in [2.45, 2.75) is 16.1 Å². The Bertz CT molecular complexity index is 1540. The highest BCUT2D eigenvalue weighted by Crippen LogP contribution is 2.47. The molecule has 0 radical (unpaired) electrons.